The van der Waals surface area contributed by atoms with Crippen LogP contribution in [0.3, 0.4) is 0 Å². The minimum Gasteiger partial charge on any atom is -0.399 e. The van der Waals surface area contributed by atoms with Gasteiger partial charge >= 0.3 is 0 Å². The quantitative estimate of drug-likeness (QED) is 0.820. The first kappa shape index (κ1) is 13.3. The number of benzene rings is 1. The van der Waals surface area contributed by atoms with Gasteiger partial charge in [-0.3, -0.25) is 4.79 Å². The summed E-state index contributed by atoms with van der Waals surface area (Å²) in [4.78, 5) is 11.8. The predicted molar refractivity (Wildman–Crippen MR) is 77.7 cm³/mol. The van der Waals surface area contributed by atoms with Gasteiger partial charge in [0.25, 0.3) is 0 Å². The number of hydrogen-bond acceptors (Lipinski definition) is 3. The highest BCUT2D eigenvalue weighted by Crippen LogP contribution is 2.17. The Kier molecular flexibility index (Phi) is 4.93. The zero-order valence-electron chi connectivity index (χ0n) is 10.5. The van der Waals surface area contributed by atoms with Crippen molar-refractivity contribution >= 4 is 23.4 Å². The van der Waals surface area contributed by atoms with Gasteiger partial charge in [-0.15, -0.1) is 0 Å². The van der Waals surface area contributed by atoms with Crippen LogP contribution in [-0.2, 0) is 11.2 Å². The van der Waals surface area contributed by atoms with Gasteiger partial charge < -0.3 is 11.1 Å². The lowest BCUT2D eigenvalue weighted by molar-refractivity contribution is -0.121. The number of thioether (sulfide) groups is 1. The van der Waals surface area contributed by atoms with Crippen LogP contribution in [0.15, 0.2) is 24.3 Å². The molecule has 3 N–H and O–H groups in total. The molecule has 0 bridgehead atoms. The van der Waals surface area contributed by atoms with Crippen LogP contribution in [0.1, 0.15) is 24.8 Å². The average molecular weight is 264 g/mol. The molecule has 1 heterocycles. The van der Waals surface area contributed by atoms with Gasteiger partial charge in [0.15, 0.2) is 0 Å². The average Bonchev–Trinajstić information content (AvgIpc) is 2.39. The highest BCUT2D eigenvalue weighted by molar-refractivity contribution is 7.99. The molecule has 1 amide bonds. The van der Waals surface area contributed by atoms with Crippen LogP contribution in [0.4, 0.5) is 5.69 Å². The maximum atomic E-state index is 11.8. The van der Waals surface area contributed by atoms with E-state index in [1.54, 1.807) is 0 Å². The molecule has 4 heteroatoms. The Bertz CT molecular complexity index is 385. The first-order valence-electron chi connectivity index (χ1n) is 6.45. The fraction of sp³-hybridized carbons (Fsp3) is 0.500. The molecule has 0 aromatic heterocycles. The van der Waals surface area contributed by atoms with Crippen molar-refractivity contribution in [3.63, 3.8) is 0 Å². The molecule has 1 atom stereocenters. The molecular formula is C14H20N2OS. The van der Waals surface area contributed by atoms with Crippen LogP contribution in [0.5, 0.6) is 0 Å². The number of hydrogen-bond donors (Lipinski definition) is 2. The van der Waals surface area contributed by atoms with E-state index in [1.807, 2.05) is 36.0 Å². The molecule has 0 saturated carbocycles. The second-order valence-electron chi connectivity index (χ2n) is 4.72. The highest BCUT2D eigenvalue weighted by Gasteiger charge is 2.15. The molecule has 1 fully saturated rings. The van der Waals surface area contributed by atoms with Crippen molar-refractivity contribution in [1.82, 2.24) is 5.32 Å². The van der Waals surface area contributed by atoms with Crippen LogP contribution < -0.4 is 11.1 Å². The fourth-order valence-corrected chi connectivity index (χ4v) is 3.17. The molecule has 2 rings (SSSR count). The lowest BCUT2D eigenvalue weighted by atomic mass is 10.1. The summed E-state index contributed by atoms with van der Waals surface area (Å²) in [6, 6.07) is 8.11. The van der Waals surface area contributed by atoms with Crippen molar-refractivity contribution in [2.45, 2.75) is 31.7 Å². The van der Waals surface area contributed by atoms with Gasteiger partial charge in [-0.25, -0.2) is 0 Å². The SMILES string of the molecule is Nc1ccc(CCC(=O)NC2CCCSC2)cc1. The number of amides is 1. The van der Waals surface area contributed by atoms with Crippen LogP contribution >= 0.6 is 11.8 Å². The van der Waals surface area contributed by atoms with Gasteiger partial charge in [0.05, 0.1) is 0 Å². The first-order chi connectivity index (χ1) is 8.74. The van der Waals surface area contributed by atoms with Crippen LogP contribution in [0.2, 0.25) is 0 Å². The van der Waals surface area contributed by atoms with E-state index in [0.717, 1.165) is 29.8 Å². The van der Waals surface area contributed by atoms with E-state index in [2.05, 4.69) is 5.32 Å². The number of anilines is 1. The van der Waals surface area contributed by atoms with E-state index in [1.165, 1.54) is 12.2 Å². The fourth-order valence-electron chi connectivity index (χ4n) is 2.10. The summed E-state index contributed by atoms with van der Waals surface area (Å²) in [5, 5.41) is 3.12. The molecule has 1 saturated heterocycles. The molecule has 0 aliphatic carbocycles. The Labute approximate surface area is 113 Å². The molecule has 1 aromatic carbocycles. The normalized spacial score (nSPS) is 19.4. The second-order valence-corrected chi connectivity index (χ2v) is 5.87. The largest absolute Gasteiger partial charge is 0.399 e. The Balaban J connectivity index is 1.72. The summed E-state index contributed by atoms with van der Waals surface area (Å²) in [5.41, 5.74) is 7.56. The third-order valence-corrected chi connectivity index (χ3v) is 4.36. The summed E-state index contributed by atoms with van der Waals surface area (Å²) in [6.07, 6.45) is 3.69. The monoisotopic (exact) mass is 264 g/mol. The smallest absolute Gasteiger partial charge is 0.220 e. The molecule has 18 heavy (non-hydrogen) atoms. The van der Waals surface area contributed by atoms with Crippen molar-refractivity contribution in [3.8, 4) is 0 Å². The number of carbonyl (C=O) groups excluding carboxylic acids is 1. The van der Waals surface area contributed by atoms with Crippen molar-refractivity contribution < 1.29 is 4.79 Å². The Morgan fingerprint density at radius 3 is 2.83 bits per heavy atom. The molecule has 98 valence electrons. The third-order valence-electron chi connectivity index (χ3n) is 3.15. The van der Waals surface area contributed by atoms with E-state index in [4.69, 9.17) is 5.73 Å². The number of rotatable bonds is 4. The lowest BCUT2D eigenvalue weighted by Crippen LogP contribution is -2.38. The van der Waals surface area contributed by atoms with Gasteiger partial charge in [0.2, 0.25) is 5.91 Å². The van der Waals surface area contributed by atoms with E-state index >= 15 is 0 Å². The minimum absolute atomic E-state index is 0.166. The van der Waals surface area contributed by atoms with E-state index in [-0.39, 0.29) is 5.91 Å². The van der Waals surface area contributed by atoms with Gasteiger partial charge in [0, 0.05) is 23.9 Å². The first-order valence-corrected chi connectivity index (χ1v) is 7.61. The number of nitrogen functional groups attached to an aromatic ring is 1. The van der Waals surface area contributed by atoms with E-state index < -0.39 is 0 Å². The van der Waals surface area contributed by atoms with E-state index in [9.17, 15) is 4.79 Å². The van der Waals surface area contributed by atoms with Crippen molar-refractivity contribution in [3.05, 3.63) is 29.8 Å². The summed E-state index contributed by atoms with van der Waals surface area (Å²) in [7, 11) is 0. The summed E-state index contributed by atoms with van der Waals surface area (Å²) >= 11 is 1.93. The topological polar surface area (TPSA) is 55.1 Å². The number of aryl methyl sites for hydroxylation is 1. The predicted octanol–water partition coefficient (Wildman–Crippen LogP) is 2.21. The number of nitrogens with one attached hydrogen (secondary N) is 1. The molecule has 3 nitrogen and oxygen atoms in total. The van der Waals surface area contributed by atoms with Crippen LogP contribution in [-0.4, -0.2) is 23.5 Å². The van der Waals surface area contributed by atoms with E-state index in [0.29, 0.717) is 12.5 Å². The minimum atomic E-state index is 0.166. The van der Waals surface area contributed by atoms with Crippen molar-refractivity contribution in [2.24, 2.45) is 0 Å². The van der Waals surface area contributed by atoms with Crippen molar-refractivity contribution in [1.29, 1.82) is 0 Å². The molecule has 1 aliphatic rings. The van der Waals surface area contributed by atoms with Gasteiger partial charge in [0.1, 0.15) is 0 Å². The molecular weight excluding hydrogens is 244 g/mol. The summed E-state index contributed by atoms with van der Waals surface area (Å²) in [5.74, 6) is 2.46. The number of carbonyl (C=O) groups is 1. The third kappa shape index (κ3) is 4.26. The zero-order valence-corrected chi connectivity index (χ0v) is 11.3. The second kappa shape index (κ2) is 6.69. The highest BCUT2D eigenvalue weighted by atomic mass is 32.2. The lowest BCUT2D eigenvalue weighted by Gasteiger charge is -2.22. The summed E-state index contributed by atoms with van der Waals surface area (Å²) in [6.45, 7) is 0. The zero-order chi connectivity index (χ0) is 12.8. The van der Waals surface area contributed by atoms with Gasteiger partial charge in [-0.1, -0.05) is 12.1 Å². The maximum absolute atomic E-state index is 11.8. The molecule has 1 unspecified atom stereocenters. The molecule has 1 aromatic rings. The molecule has 0 spiro atoms. The number of nitrogens with two attached hydrogens (primary N) is 1. The molecule has 1 aliphatic heterocycles. The van der Waals surface area contributed by atoms with Crippen molar-refractivity contribution in [2.75, 3.05) is 17.2 Å². The Morgan fingerprint density at radius 2 is 2.17 bits per heavy atom. The van der Waals surface area contributed by atoms with Gasteiger partial charge in [-0.2, -0.15) is 11.8 Å². The Hall–Kier alpha value is -1.16. The molecule has 0 radical (unpaired) electrons. The van der Waals surface area contributed by atoms with Crippen LogP contribution in [0, 0.1) is 0 Å². The standard InChI is InChI=1S/C14H20N2OS/c15-12-6-3-11(4-7-12)5-8-14(17)16-13-2-1-9-18-10-13/h3-4,6-7,13H,1-2,5,8-10,15H2,(H,16,17). The summed E-state index contributed by atoms with van der Waals surface area (Å²) < 4.78 is 0. The van der Waals surface area contributed by atoms with Gasteiger partial charge in [-0.05, 0) is 42.7 Å². The Morgan fingerprint density at radius 1 is 1.39 bits per heavy atom. The van der Waals surface area contributed by atoms with Crippen LogP contribution in [0.25, 0.3) is 0 Å². The maximum Gasteiger partial charge on any atom is 0.220 e.